The number of rotatable bonds is 12. The quantitative estimate of drug-likeness (QED) is 0.411. The molecule has 2 aromatic rings. The highest BCUT2D eigenvalue weighted by atomic mass is 16.6. The Bertz CT molecular complexity index is 1090. The van der Waals surface area contributed by atoms with E-state index >= 15 is 0 Å². The van der Waals surface area contributed by atoms with E-state index in [-0.39, 0.29) is 13.0 Å². The van der Waals surface area contributed by atoms with Crippen molar-refractivity contribution < 1.29 is 33.7 Å². The zero-order chi connectivity index (χ0) is 27.8. The van der Waals surface area contributed by atoms with Gasteiger partial charge in [0.25, 0.3) is 5.91 Å². The molecule has 1 amide bonds. The molecule has 0 aromatic heterocycles. The molecule has 2 aromatic carbocycles. The van der Waals surface area contributed by atoms with Crippen LogP contribution < -0.4 is 0 Å². The highest BCUT2D eigenvalue weighted by molar-refractivity contribution is 5.88. The third-order valence-corrected chi connectivity index (χ3v) is 7.58. The largest absolute Gasteiger partial charge is 0.458 e. The lowest BCUT2D eigenvalue weighted by atomic mass is 9.90. The van der Waals surface area contributed by atoms with Crippen molar-refractivity contribution in [1.82, 2.24) is 4.90 Å². The summed E-state index contributed by atoms with van der Waals surface area (Å²) in [6.45, 7) is 3.07. The van der Waals surface area contributed by atoms with E-state index in [9.17, 15) is 19.5 Å². The molecule has 2 fully saturated rings. The summed E-state index contributed by atoms with van der Waals surface area (Å²) in [5.74, 6) is -1.10. The number of ether oxygens (including phenoxy) is 3. The molecular formula is C31H39NO7. The van der Waals surface area contributed by atoms with Gasteiger partial charge in [-0.25, -0.2) is 9.59 Å². The van der Waals surface area contributed by atoms with Gasteiger partial charge in [-0.3, -0.25) is 4.79 Å². The molecule has 1 heterocycles. The van der Waals surface area contributed by atoms with Crippen molar-refractivity contribution in [2.45, 2.75) is 76.2 Å². The number of nitrogens with zero attached hydrogens (tertiary/aromatic N) is 1. The second-order valence-corrected chi connectivity index (χ2v) is 10.7. The fourth-order valence-electron chi connectivity index (χ4n) is 4.88. The van der Waals surface area contributed by atoms with Crippen LogP contribution in [0.2, 0.25) is 0 Å². The minimum Gasteiger partial charge on any atom is -0.458 e. The van der Waals surface area contributed by atoms with Gasteiger partial charge >= 0.3 is 11.9 Å². The molecule has 2 aliphatic rings. The van der Waals surface area contributed by atoms with Gasteiger partial charge in [-0.05, 0) is 54.7 Å². The number of carbonyl (C=O) groups excluding carboxylic acids is 3. The Hall–Kier alpha value is -3.23. The molecule has 210 valence electrons. The Labute approximate surface area is 230 Å². The van der Waals surface area contributed by atoms with Crippen LogP contribution in [0.1, 0.15) is 61.6 Å². The third-order valence-electron chi connectivity index (χ3n) is 7.58. The highest BCUT2D eigenvalue weighted by Crippen LogP contribution is 2.35. The van der Waals surface area contributed by atoms with E-state index in [0.717, 1.165) is 50.0 Å². The van der Waals surface area contributed by atoms with Gasteiger partial charge in [0.15, 0.2) is 6.10 Å². The van der Waals surface area contributed by atoms with E-state index in [4.69, 9.17) is 14.2 Å². The van der Waals surface area contributed by atoms with E-state index in [1.165, 1.54) is 24.4 Å². The molecule has 1 N–H and O–H groups in total. The summed E-state index contributed by atoms with van der Waals surface area (Å²) in [5, 5.41) is 10.8. The first kappa shape index (κ1) is 28.8. The Kier molecular flexibility index (Phi) is 10.1. The van der Waals surface area contributed by atoms with Crippen LogP contribution in [0.25, 0.3) is 0 Å². The molecule has 3 atom stereocenters. The highest BCUT2D eigenvalue weighted by Gasteiger charge is 2.37. The van der Waals surface area contributed by atoms with Gasteiger partial charge in [-0.2, -0.15) is 0 Å². The Morgan fingerprint density at radius 1 is 0.949 bits per heavy atom. The van der Waals surface area contributed by atoms with Crippen molar-refractivity contribution in [2.24, 2.45) is 5.92 Å². The topological polar surface area (TPSA) is 102 Å². The first-order valence-electron chi connectivity index (χ1n) is 13.8. The van der Waals surface area contributed by atoms with Crippen molar-refractivity contribution >= 4 is 17.8 Å². The minimum absolute atomic E-state index is 0.0771. The van der Waals surface area contributed by atoms with Gasteiger partial charge in [-0.15, -0.1) is 0 Å². The monoisotopic (exact) mass is 537 g/mol. The van der Waals surface area contributed by atoms with E-state index in [2.05, 4.69) is 12.1 Å². The molecule has 1 aliphatic carbocycles. The van der Waals surface area contributed by atoms with Crippen LogP contribution in [0.15, 0.2) is 54.6 Å². The van der Waals surface area contributed by atoms with Crippen LogP contribution in [0, 0.1) is 5.92 Å². The summed E-state index contributed by atoms with van der Waals surface area (Å²) in [7, 11) is 1.51. The molecule has 0 unspecified atom stereocenters. The Morgan fingerprint density at radius 3 is 2.26 bits per heavy atom. The summed E-state index contributed by atoms with van der Waals surface area (Å²) in [5.41, 5.74) is 2.91. The van der Waals surface area contributed by atoms with Crippen molar-refractivity contribution in [1.29, 1.82) is 0 Å². The average Bonchev–Trinajstić information content (AvgIpc) is 3.79. The van der Waals surface area contributed by atoms with Gasteiger partial charge < -0.3 is 24.2 Å². The molecule has 1 aliphatic heterocycles. The number of benzene rings is 2. The molecule has 1 saturated carbocycles. The number of aliphatic hydroxyl groups excluding tert-OH is 1. The Morgan fingerprint density at radius 2 is 1.62 bits per heavy atom. The lowest BCUT2D eigenvalue weighted by Gasteiger charge is -2.29. The smallest absolute Gasteiger partial charge is 0.347 e. The molecule has 39 heavy (non-hydrogen) atoms. The van der Waals surface area contributed by atoms with Crippen molar-refractivity contribution in [3.63, 3.8) is 0 Å². The maximum absolute atomic E-state index is 13.2. The third kappa shape index (κ3) is 8.38. The molecule has 0 radical (unpaired) electrons. The number of hydrogen-bond acceptors (Lipinski definition) is 7. The number of carbonyl (C=O) groups is 3. The average molecular weight is 538 g/mol. The van der Waals surface area contributed by atoms with Gasteiger partial charge in [0.1, 0.15) is 18.8 Å². The van der Waals surface area contributed by atoms with Gasteiger partial charge in [0.2, 0.25) is 0 Å². The molecule has 8 nitrogen and oxygen atoms in total. The molecule has 0 spiro atoms. The summed E-state index contributed by atoms with van der Waals surface area (Å²) in [4.78, 5) is 39.9. The lowest BCUT2D eigenvalue weighted by Crippen LogP contribution is -2.49. The summed E-state index contributed by atoms with van der Waals surface area (Å²) < 4.78 is 16.2. The zero-order valence-corrected chi connectivity index (χ0v) is 22.8. The van der Waals surface area contributed by atoms with Crippen LogP contribution in [0.5, 0.6) is 0 Å². The van der Waals surface area contributed by atoms with Crippen LogP contribution >= 0.6 is 0 Å². The first-order chi connectivity index (χ1) is 18.8. The number of likely N-dealkylation sites (N-methyl/N-ethyl adjacent to an activating group) is 1. The number of hydrogen-bond donors (Lipinski definition) is 1. The van der Waals surface area contributed by atoms with E-state index in [1.807, 2.05) is 42.5 Å². The Balaban J connectivity index is 1.31. The van der Waals surface area contributed by atoms with Crippen molar-refractivity contribution in [3.8, 4) is 0 Å². The van der Waals surface area contributed by atoms with E-state index in [1.54, 1.807) is 0 Å². The number of esters is 2. The lowest BCUT2D eigenvalue weighted by molar-refractivity contribution is -0.172. The van der Waals surface area contributed by atoms with Crippen LogP contribution in [0.3, 0.4) is 0 Å². The second-order valence-electron chi connectivity index (χ2n) is 10.7. The molecule has 4 rings (SSSR count). The molecule has 0 bridgehead atoms. The summed E-state index contributed by atoms with van der Waals surface area (Å²) >= 11 is 0. The summed E-state index contributed by atoms with van der Waals surface area (Å²) in [6, 6.07) is 16.3. The van der Waals surface area contributed by atoms with Crippen LogP contribution in [0.4, 0.5) is 0 Å². The predicted molar refractivity (Wildman–Crippen MR) is 145 cm³/mol. The minimum atomic E-state index is -1.30. The van der Waals surface area contributed by atoms with Crippen molar-refractivity contribution in [3.05, 3.63) is 71.3 Å². The SMILES string of the molecule is C[C@@H](OC(=O)[C@H](CC1CC1)N(C)C(=O)[C@H](O)Cc1ccc(C2CCOCC2)cc1)C(=O)OCc1ccccc1. The molecule has 8 heteroatoms. The van der Waals surface area contributed by atoms with Crippen molar-refractivity contribution in [2.75, 3.05) is 20.3 Å². The maximum Gasteiger partial charge on any atom is 0.347 e. The number of aliphatic hydroxyl groups is 1. The second kappa shape index (κ2) is 13.7. The fraction of sp³-hybridized carbons (Fsp3) is 0.516. The van der Waals surface area contributed by atoms with Crippen LogP contribution in [-0.4, -0.2) is 66.4 Å². The fourth-order valence-corrected chi connectivity index (χ4v) is 4.88. The van der Waals surface area contributed by atoms with Crippen LogP contribution in [-0.2, 0) is 41.6 Å². The zero-order valence-electron chi connectivity index (χ0n) is 22.8. The normalized spacial score (nSPS) is 18.0. The number of amides is 1. The van der Waals surface area contributed by atoms with Gasteiger partial charge in [-0.1, -0.05) is 67.4 Å². The van der Waals surface area contributed by atoms with Gasteiger partial charge in [0, 0.05) is 26.7 Å². The molecule has 1 saturated heterocycles. The molecular weight excluding hydrogens is 498 g/mol. The van der Waals surface area contributed by atoms with E-state index in [0.29, 0.717) is 18.3 Å². The predicted octanol–water partition coefficient (Wildman–Crippen LogP) is 3.79. The first-order valence-corrected chi connectivity index (χ1v) is 13.8. The standard InChI is InChI=1S/C31H39NO7/c1-21(30(35)38-20-24-6-4-3-5-7-24)39-31(36)27(18-22-8-9-22)32(2)29(34)28(33)19-23-10-12-25(13-11-23)26-14-16-37-17-15-26/h3-7,10-13,21-22,26-28,33H,8-9,14-20H2,1-2H3/t21-,27+,28-/m1/s1. The van der Waals surface area contributed by atoms with Gasteiger partial charge in [0.05, 0.1) is 0 Å². The van der Waals surface area contributed by atoms with E-state index < -0.39 is 36.1 Å². The maximum atomic E-state index is 13.2. The summed E-state index contributed by atoms with van der Waals surface area (Å²) in [6.07, 6.45) is 2.09.